The Morgan fingerprint density at radius 1 is 1.00 bits per heavy atom. The molecule has 0 N–H and O–H groups in total. The van der Waals surface area contributed by atoms with E-state index >= 15 is 0 Å². The zero-order valence-electron chi connectivity index (χ0n) is 11.5. The Balaban J connectivity index is 2.12. The average molecular weight is 521 g/mol. The molecule has 5 heteroatoms. The SMILES string of the molecule is CN(Cc1ccccc1I)Cc1ccccc1[CH]=[Ru]([Cl])[Cl]. The summed E-state index contributed by atoms with van der Waals surface area (Å²) in [5.74, 6) is 0. The summed E-state index contributed by atoms with van der Waals surface area (Å²) < 4.78 is 3.32. The molecule has 0 radical (unpaired) electrons. The van der Waals surface area contributed by atoms with Crippen LogP contribution in [0.15, 0.2) is 48.5 Å². The molecule has 0 saturated carbocycles. The van der Waals surface area contributed by atoms with Gasteiger partial charge in [-0.1, -0.05) is 0 Å². The maximum atomic E-state index is 6.01. The second-order valence-electron chi connectivity index (χ2n) is 4.77. The number of hydrogen-bond acceptors (Lipinski definition) is 1. The summed E-state index contributed by atoms with van der Waals surface area (Å²) in [7, 11) is 14.2. The Labute approximate surface area is 152 Å². The van der Waals surface area contributed by atoms with Gasteiger partial charge >= 0.3 is 154 Å². The molecular formula is C16H16Cl2INRu. The molecule has 0 saturated heterocycles. The molecule has 2 aromatic rings. The van der Waals surface area contributed by atoms with Crippen LogP contribution in [0.1, 0.15) is 16.7 Å². The Morgan fingerprint density at radius 3 is 2.24 bits per heavy atom. The molecule has 0 amide bonds. The Kier molecular flexibility index (Phi) is 7.30. The van der Waals surface area contributed by atoms with Crippen LogP contribution in [0.2, 0.25) is 0 Å². The summed E-state index contributed by atoms with van der Waals surface area (Å²) in [5, 5.41) is 0. The quantitative estimate of drug-likeness (QED) is 0.396. The number of halogens is 3. The van der Waals surface area contributed by atoms with Gasteiger partial charge in [-0.2, -0.15) is 0 Å². The molecule has 114 valence electrons. The Morgan fingerprint density at radius 2 is 1.57 bits per heavy atom. The van der Waals surface area contributed by atoms with Crippen LogP contribution in [-0.4, -0.2) is 16.6 Å². The fourth-order valence-corrected chi connectivity index (χ4v) is 4.56. The van der Waals surface area contributed by atoms with Crippen LogP contribution in [0.5, 0.6) is 0 Å². The van der Waals surface area contributed by atoms with E-state index in [0.717, 1.165) is 18.7 Å². The summed E-state index contributed by atoms with van der Waals surface area (Å²) in [6.07, 6.45) is 0. The molecule has 0 aliphatic rings. The molecule has 0 fully saturated rings. The van der Waals surface area contributed by atoms with Crippen molar-refractivity contribution in [2.45, 2.75) is 13.1 Å². The maximum absolute atomic E-state index is 6.01. The molecule has 0 aliphatic carbocycles. The van der Waals surface area contributed by atoms with Crippen LogP contribution in [0, 0.1) is 3.57 Å². The summed E-state index contributed by atoms with van der Waals surface area (Å²) in [4.78, 5) is 2.31. The van der Waals surface area contributed by atoms with Crippen LogP contribution in [0.3, 0.4) is 0 Å². The summed E-state index contributed by atoms with van der Waals surface area (Å²) >= 11 is 0.598. The topological polar surface area (TPSA) is 3.24 Å². The van der Waals surface area contributed by atoms with Crippen molar-refractivity contribution in [1.29, 1.82) is 0 Å². The summed E-state index contributed by atoms with van der Waals surface area (Å²) in [6, 6.07) is 16.8. The van der Waals surface area contributed by atoms with E-state index in [1.807, 2.05) is 10.7 Å². The van der Waals surface area contributed by atoms with Crippen molar-refractivity contribution in [1.82, 2.24) is 4.90 Å². The fraction of sp³-hybridized carbons (Fsp3) is 0.188. The van der Waals surface area contributed by atoms with Gasteiger partial charge in [0.2, 0.25) is 0 Å². The van der Waals surface area contributed by atoms with E-state index in [9.17, 15) is 0 Å². The van der Waals surface area contributed by atoms with E-state index in [-0.39, 0.29) is 0 Å². The van der Waals surface area contributed by atoms with Gasteiger partial charge in [-0.05, 0) is 0 Å². The van der Waals surface area contributed by atoms with Crippen molar-refractivity contribution in [3.63, 3.8) is 0 Å². The first-order valence-electron chi connectivity index (χ1n) is 6.39. The molecule has 2 aromatic carbocycles. The van der Waals surface area contributed by atoms with Gasteiger partial charge in [0.1, 0.15) is 0 Å². The second kappa shape index (κ2) is 8.74. The van der Waals surface area contributed by atoms with Gasteiger partial charge in [-0.3, -0.25) is 0 Å². The number of nitrogens with zero attached hydrogens (tertiary/aromatic N) is 1. The van der Waals surface area contributed by atoms with Crippen LogP contribution in [0.25, 0.3) is 0 Å². The predicted molar refractivity (Wildman–Crippen MR) is 97.6 cm³/mol. The zero-order valence-corrected chi connectivity index (χ0v) is 17.0. The second-order valence-corrected chi connectivity index (χ2v) is 11.7. The van der Waals surface area contributed by atoms with Crippen molar-refractivity contribution in [2.24, 2.45) is 0 Å². The summed E-state index contributed by atoms with van der Waals surface area (Å²) in [6.45, 7) is 1.81. The molecular weight excluding hydrogens is 505 g/mol. The van der Waals surface area contributed by atoms with Crippen molar-refractivity contribution >= 4 is 46.6 Å². The molecule has 0 spiro atoms. The molecule has 0 unspecified atom stereocenters. The van der Waals surface area contributed by atoms with E-state index < -0.39 is 13.5 Å². The molecule has 0 aromatic heterocycles. The third-order valence-electron chi connectivity index (χ3n) is 3.08. The molecule has 0 aliphatic heterocycles. The Bertz CT molecular complexity index is 642. The van der Waals surface area contributed by atoms with E-state index in [0.29, 0.717) is 0 Å². The van der Waals surface area contributed by atoms with Crippen molar-refractivity contribution in [3.8, 4) is 0 Å². The van der Waals surface area contributed by atoms with Gasteiger partial charge < -0.3 is 0 Å². The zero-order chi connectivity index (χ0) is 15.2. The van der Waals surface area contributed by atoms with Crippen LogP contribution in [-0.2, 0) is 26.6 Å². The third-order valence-corrected chi connectivity index (χ3v) is 5.97. The first-order valence-corrected chi connectivity index (χ1v) is 12.9. The molecule has 0 atom stereocenters. The van der Waals surface area contributed by atoms with Crippen molar-refractivity contribution in [2.75, 3.05) is 7.05 Å². The molecule has 2 rings (SSSR count). The standard InChI is InChI=1S/C16H16IN.2ClH.Ru/c1-13-7-3-4-8-14(13)11-18(2)12-15-9-5-6-10-16(15)17;;;/h1,3-10H,11-12H2,2H3;2*1H;/q;;;+2/p-2. The summed E-state index contributed by atoms with van der Waals surface area (Å²) in [5.41, 5.74) is 3.78. The minimum absolute atomic E-state index is 0.882. The van der Waals surface area contributed by atoms with Gasteiger partial charge in [0.05, 0.1) is 0 Å². The molecule has 1 nitrogen and oxygen atoms in total. The van der Waals surface area contributed by atoms with Gasteiger partial charge in [-0.15, -0.1) is 0 Å². The predicted octanol–water partition coefficient (Wildman–Crippen LogP) is 5.00. The third kappa shape index (κ3) is 5.72. The fourth-order valence-electron chi connectivity index (χ4n) is 2.12. The number of benzene rings is 2. The minimum atomic E-state index is -1.79. The van der Waals surface area contributed by atoms with Crippen molar-refractivity contribution < 1.29 is 13.5 Å². The van der Waals surface area contributed by atoms with Gasteiger partial charge in [0.15, 0.2) is 0 Å². The van der Waals surface area contributed by atoms with Gasteiger partial charge in [0.25, 0.3) is 0 Å². The van der Waals surface area contributed by atoms with Crippen LogP contribution < -0.4 is 0 Å². The molecule has 0 bridgehead atoms. The van der Waals surface area contributed by atoms with Crippen molar-refractivity contribution in [3.05, 3.63) is 68.8 Å². The first kappa shape index (κ1) is 17.6. The molecule has 21 heavy (non-hydrogen) atoms. The van der Waals surface area contributed by atoms with E-state index in [1.165, 1.54) is 14.7 Å². The first-order chi connectivity index (χ1) is 10.1. The molecule has 0 heterocycles. The van der Waals surface area contributed by atoms with E-state index in [1.54, 1.807) is 0 Å². The normalized spacial score (nSPS) is 11.6. The Hall–Kier alpha value is 0.203. The number of hydrogen-bond donors (Lipinski definition) is 0. The van der Waals surface area contributed by atoms with E-state index in [2.05, 4.69) is 77.0 Å². The van der Waals surface area contributed by atoms with Crippen LogP contribution in [0.4, 0.5) is 0 Å². The van der Waals surface area contributed by atoms with Gasteiger partial charge in [-0.25, -0.2) is 0 Å². The average Bonchev–Trinajstić information content (AvgIpc) is 2.43. The number of rotatable bonds is 5. The monoisotopic (exact) mass is 521 g/mol. The van der Waals surface area contributed by atoms with E-state index in [4.69, 9.17) is 19.4 Å². The van der Waals surface area contributed by atoms with Crippen LogP contribution >= 0.6 is 42.0 Å². The van der Waals surface area contributed by atoms with Gasteiger partial charge in [0, 0.05) is 0 Å².